The second kappa shape index (κ2) is 51.7. The fourth-order valence-electron chi connectivity index (χ4n) is 7.53. The van der Waals surface area contributed by atoms with Crippen molar-refractivity contribution >= 4 is 17.9 Å². The van der Waals surface area contributed by atoms with Gasteiger partial charge >= 0.3 is 17.9 Å². The normalized spacial score (nSPS) is 12.5. The smallest absolute Gasteiger partial charge is 0.306 e. The molecule has 6 nitrogen and oxygen atoms in total. The zero-order valence-corrected chi connectivity index (χ0v) is 41.6. The van der Waals surface area contributed by atoms with Crippen molar-refractivity contribution in [3.8, 4) is 0 Å². The molecule has 0 fully saturated rings. The first kappa shape index (κ1) is 60.1. The van der Waals surface area contributed by atoms with Crippen LogP contribution in [0.5, 0.6) is 0 Å². The maximum atomic E-state index is 12.6. The van der Waals surface area contributed by atoms with Crippen molar-refractivity contribution in [2.75, 3.05) is 13.2 Å². The van der Waals surface area contributed by atoms with E-state index in [2.05, 4.69) is 81.5 Å². The van der Waals surface area contributed by atoms with Crippen LogP contribution in [0.25, 0.3) is 0 Å². The maximum Gasteiger partial charge on any atom is 0.306 e. The molecule has 0 aliphatic rings. The molecule has 0 bridgehead atoms. The minimum absolute atomic E-state index is 0.0706. The molecular weight excluding hydrogens is 781 g/mol. The molecule has 0 radical (unpaired) electrons. The predicted octanol–water partition coefficient (Wildman–Crippen LogP) is 17.6. The minimum Gasteiger partial charge on any atom is -0.462 e. The number of hydrogen-bond donors (Lipinski definition) is 0. The Morgan fingerprint density at radius 3 is 0.968 bits per heavy atom. The first-order valence-electron chi connectivity index (χ1n) is 26.8. The summed E-state index contributed by atoms with van der Waals surface area (Å²) in [7, 11) is 0. The SMILES string of the molecule is CC/C=C\C/C=C\C/C=C\C/C=C\C/C=C\CCCCCCCCCCCCCCCCCCCC(=O)OCC(COC(=O)CCCCCCC)OC(=O)CCCCCCCCC. The fourth-order valence-corrected chi connectivity index (χ4v) is 7.53. The number of hydrogen-bond acceptors (Lipinski definition) is 6. The lowest BCUT2D eigenvalue weighted by Gasteiger charge is -2.18. The maximum absolute atomic E-state index is 12.6. The molecule has 364 valence electrons. The second-order valence-corrected chi connectivity index (χ2v) is 17.8. The molecule has 6 heteroatoms. The van der Waals surface area contributed by atoms with E-state index in [1.165, 1.54) is 128 Å². The topological polar surface area (TPSA) is 78.9 Å². The summed E-state index contributed by atoms with van der Waals surface area (Å²) in [5.74, 6) is -0.887. The molecule has 1 unspecified atom stereocenters. The van der Waals surface area contributed by atoms with Crippen LogP contribution < -0.4 is 0 Å². The van der Waals surface area contributed by atoms with Gasteiger partial charge in [0.15, 0.2) is 6.10 Å². The molecule has 0 heterocycles. The lowest BCUT2D eigenvalue weighted by atomic mass is 10.0. The number of carbonyl (C=O) groups is 3. The van der Waals surface area contributed by atoms with Gasteiger partial charge in [0.25, 0.3) is 0 Å². The summed E-state index contributed by atoms with van der Waals surface area (Å²) in [5.41, 5.74) is 0. The van der Waals surface area contributed by atoms with Crippen LogP contribution in [-0.4, -0.2) is 37.2 Å². The summed E-state index contributed by atoms with van der Waals surface area (Å²) >= 11 is 0. The average molecular weight is 881 g/mol. The van der Waals surface area contributed by atoms with Crippen LogP contribution in [0.1, 0.15) is 265 Å². The predicted molar refractivity (Wildman–Crippen MR) is 270 cm³/mol. The van der Waals surface area contributed by atoms with E-state index in [4.69, 9.17) is 14.2 Å². The van der Waals surface area contributed by atoms with Gasteiger partial charge in [-0.25, -0.2) is 0 Å². The van der Waals surface area contributed by atoms with Gasteiger partial charge in [0.05, 0.1) is 0 Å². The number of unbranched alkanes of at least 4 members (excludes halogenated alkanes) is 27. The van der Waals surface area contributed by atoms with Crippen LogP contribution in [0, 0.1) is 0 Å². The molecule has 0 aromatic heterocycles. The van der Waals surface area contributed by atoms with Gasteiger partial charge in [-0.05, 0) is 64.2 Å². The fraction of sp³-hybridized carbons (Fsp3) is 0.772. The van der Waals surface area contributed by atoms with E-state index in [0.717, 1.165) is 96.3 Å². The van der Waals surface area contributed by atoms with Crippen LogP contribution in [0.3, 0.4) is 0 Å². The van der Waals surface area contributed by atoms with E-state index in [1.807, 2.05) is 0 Å². The Bertz CT molecular complexity index is 1150. The van der Waals surface area contributed by atoms with Crippen LogP contribution >= 0.6 is 0 Å². The highest BCUT2D eigenvalue weighted by atomic mass is 16.6. The molecule has 0 aromatic rings. The highest BCUT2D eigenvalue weighted by molar-refractivity contribution is 5.71. The van der Waals surface area contributed by atoms with Gasteiger partial charge in [-0.1, -0.05) is 242 Å². The zero-order valence-electron chi connectivity index (χ0n) is 41.6. The monoisotopic (exact) mass is 881 g/mol. The lowest BCUT2D eigenvalue weighted by molar-refractivity contribution is -0.167. The summed E-state index contributed by atoms with van der Waals surface area (Å²) in [6.07, 6.45) is 64.4. The van der Waals surface area contributed by atoms with Crippen LogP contribution in [0.4, 0.5) is 0 Å². The van der Waals surface area contributed by atoms with Gasteiger partial charge in [0.1, 0.15) is 13.2 Å². The van der Waals surface area contributed by atoms with E-state index in [9.17, 15) is 14.4 Å². The van der Waals surface area contributed by atoms with Gasteiger partial charge in [-0.3, -0.25) is 14.4 Å². The molecule has 0 N–H and O–H groups in total. The molecule has 0 amide bonds. The Balaban J connectivity index is 3.81. The van der Waals surface area contributed by atoms with Gasteiger partial charge in [0, 0.05) is 19.3 Å². The van der Waals surface area contributed by atoms with E-state index >= 15 is 0 Å². The van der Waals surface area contributed by atoms with Gasteiger partial charge in [-0.15, -0.1) is 0 Å². The quantitative estimate of drug-likeness (QED) is 0.0262. The molecule has 0 saturated heterocycles. The van der Waals surface area contributed by atoms with E-state index in [-0.39, 0.29) is 31.1 Å². The highest BCUT2D eigenvalue weighted by Crippen LogP contribution is 2.16. The molecule has 0 aromatic carbocycles. The number of esters is 3. The van der Waals surface area contributed by atoms with Crippen molar-refractivity contribution in [1.82, 2.24) is 0 Å². The third kappa shape index (κ3) is 50.0. The van der Waals surface area contributed by atoms with Crippen molar-refractivity contribution in [2.24, 2.45) is 0 Å². The first-order valence-corrected chi connectivity index (χ1v) is 26.8. The molecule has 0 aliphatic heterocycles. The summed E-state index contributed by atoms with van der Waals surface area (Å²) < 4.78 is 16.6. The van der Waals surface area contributed by atoms with Crippen molar-refractivity contribution in [2.45, 2.75) is 271 Å². The van der Waals surface area contributed by atoms with Crippen LogP contribution in [0.2, 0.25) is 0 Å². The molecule has 0 aliphatic carbocycles. The van der Waals surface area contributed by atoms with Crippen LogP contribution in [-0.2, 0) is 28.6 Å². The van der Waals surface area contributed by atoms with E-state index in [0.29, 0.717) is 19.3 Å². The average Bonchev–Trinajstić information content (AvgIpc) is 3.28. The number of carbonyl (C=O) groups excluding carboxylic acids is 3. The van der Waals surface area contributed by atoms with Crippen molar-refractivity contribution < 1.29 is 28.6 Å². The summed E-state index contributed by atoms with van der Waals surface area (Å²) in [6, 6.07) is 0. The van der Waals surface area contributed by atoms with Crippen molar-refractivity contribution in [1.29, 1.82) is 0 Å². The standard InChI is InChI=1S/C57H100O6/c1-4-7-10-13-15-16-17-18-19-20-21-22-23-24-25-26-27-28-29-30-31-32-33-34-35-36-37-38-39-40-42-44-47-50-56(59)62-53-54(52-61-55(58)49-46-43-12-9-6-3)63-57(60)51-48-45-41-14-11-8-5-2/h7,10,15-16,18-19,21-22,24-25,54H,4-6,8-9,11-14,17,20,23,26-53H2,1-3H3/b10-7-,16-15-,19-18-,22-21-,25-24-. The second-order valence-electron chi connectivity index (χ2n) is 17.8. The van der Waals surface area contributed by atoms with E-state index < -0.39 is 6.10 Å². The lowest BCUT2D eigenvalue weighted by Crippen LogP contribution is -2.30. The molecule has 0 rings (SSSR count). The number of allylic oxidation sites excluding steroid dienone is 10. The highest BCUT2D eigenvalue weighted by Gasteiger charge is 2.19. The Kier molecular flexibility index (Phi) is 49.4. The summed E-state index contributed by atoms with van der Waals surface area (Å²) in [6.45, 7) is 6.40. The first-order chi connectivity index (χ1) is 31.0. The molecule has 1 atom stereocenters. The molecule has 0 saturated carbocycles. The Morgan fingerprint density at radius 1 is 0.333 bits per heavy atom. The third-order valence-corrected chi connectivity index (χ3v) is 11.5. The molecule has 63 heavy (non-hydrogen) atoms. The summed E-state index contributed by atoms with van der Waals surface area (Å²) in [4.78, 5) is 37.4. The summed E-state index contributed by atoms with van der Waals surface area (Å²) in [5, 5.41) is 0. The number of ether oxygens (including phenoxy) is 3. The number of rotatable bonds is 48. The molecule has 0 spiro atoms. The van der Waals surface area contributed by atoms with Gasteiger partial charge in [-0.2, -0.15) is 0 Å². The van der Waals surface area contributed by atoms with Crippen molar-refractivity contribution in [3.05, 3.63) is 60.8 Å². The Morgan fingerprint density at radius 2 is 0.619 bits per heavy atom. The Labute approximate surface area is 390 Å². The minimum atomic E-state index is -0.762. The third-order valence-electron chi connectivity index (χ3n) is 11.5. The van der Waals surface area contributed by atoms with Gasteiger partial charge < -0.3 is 14.2 Å². The van der Waals surface area contributed by atoms with Crippen LogP contribution in [0.15, 0.2) is 60.8 Å². The zero-order chi connectivity index (χ0) is 45.8. The Hall–Kier alpha value is -2.89. The largest absolute Gasteiger partial charge is 0.462 e. The van der Waals surface area contributed by atoms with Gasteiger partial charge in [0.2, 0.25) is 0 Å². The molecular formula is C57H100O6. The van der Waals surface area contributed by atoms with E-state index in [1.54, 1.807) is 0 Å². The van der Waals surface area contributed by atoms with Crippen molar-refractivity contribution in [3.63, 3.8) is 0 Å².